The third-order valence-corrected chi connectivity index (χ3v) is 5.02. The summed E-state index contributed by atoms with van der Waals surface area (Å²) in [4.78, 5) is 28.8. The molecule has 1 saturated heterocycles. The lowest BCUT2D eigenvalue weighted by Crippen LogP contribution is -2.36. The van der Waals surface area contributed by atoms with Gasteiger partial charge in [-0.05, 0) is 42.3 Å². The van der Waals surface area contributed by atoms with Crippen molar-refractivity contribution < 1.29 is 9.59 Å². The molecule has 0 radical (unpaired) electrons. The summed E-state index contributed by atoms with van der Waals surface area (Å²) in [5, 5.41) is 0.631. The number of anilines is 2. The molecule has 2 aromatic rings. The fourth-order valence-electron chi connectivity index (χ4n) is 3.53. The summed E-state index contributed by atoms with van der Waals surface area (Å²) < 4.78 is 0. The minimum absolute atomic E-state index is 0.0110. The smallest absolute Gasteiger partial charge is 0.232 e. The predicted molar refractivity (Wildman–Crippen MR) is 94.4 cm³/mol. The molecule has 0 spiro atoms. The maximum absolute atomic E-state index is 12.9. The normalized spacial score (nSPS) is 19.7. The number of rotatable bonds is 2. The lowest BCUT2D eigenvalue weighted by molar-refractivity contribution is -0.124. The standard InChI is InChI=1S/C19H17ClN2O2/c20-15-5-7-16(8-6-15)22-12-14(11-18(22)23)19(24)21-10-9-13-3-1-2-4-17(13)21/h1-8,14H,9-12H2. The Morgan fingerprint density at radius 1 is 1.08 bits per heavy atom. The van der Waals surface area contributed by atoms with Crippen molar-refractivity contribution in [3.05, 3.63) is 59.1 Å². The molecule has 0 bridgehead atoms. The van der Waals surface area contributed by atoms with Crippen LogP contribution in [0.3, 0.4) is 0 Å². The van der Waals surface area contributed by atoms with Gasteiger partial charge in [0.05, 0.1) is 5.92 Å². The van der Waals surface area contributed by atoms with Crippen LogP contribution in [0, 0.1) is 5.92 Å². The summed E-state index contributed by atoms with van der Waals surface area (Å²) in [6.45, 7) is 1.13. The van der Waals surface area contributed by atoms with Gasteiger partial charge in [0, 0.05) is 35.9 Å². The van der Waals surface area contributed by atoms with Crippen LogP contribution in [0.25, 0.3) is 0 Å². The topological polar surface area (TPSA) is 40.6 Å². The molecular weight excluding hydrogens is 324 g/mol. The van der Waals surface area contributed by atoms with E-state index in [2.05, 4.69) is 6.07 Å². The zero-order chi connectivity index (χ0) is 16.7. The highest BCUT2D eigenvalue weighted by molar-refractivity contribution is 6.30. The van der Waals surface area contributed by atoms with E-state index in [1.54, 1.807) is 17.0 Å². The first-order chi connectivity index (χ1) is 11.6. The molecule has 2 aliphatic heterocycles. The first-order valence-corrected chi connectivity index (χ1v) is 8.46. The van der Waals surface area contributed by atoms with Crippen molar-refractivity contribution in [1.82, 2.24) is 0 Å². The van der Waals surface area contributed by atoms with Crippen molar-refractivity contribution in [2.24, 2.45) is 5.92 Å². The molecule has 2 amide bonds. The Bertz CT molecular complexity index is 803. The van der Waals surface area contributed by atoms with Gasteiger partial charge in [0.15, 0.2) is 0 Å². The molecule has 1 unspecified atom stereocenters. The van der Waals surface area contributed by atoms with Crippen molar-refractivity contribution in [2.75, 3.05) is 22.9 Å². The third kappa shape index (κ3) is 2.57. The first-order valence-electron chi connectivity index (χ1n) is 8.09. The Morgan fingerprint density at radius 3 is 2.62 bits per heavy atom. The van der Waals surface area contributed by atoms with Gasteiger partial charge in [0.25, 0.3) is 0 Å². The van der Waals surface area contributed by atoms with E-state index in [9.17, 15) is 9.59 Å². The second kappa shape index (κ2) is 5.95. The van der Waals surface area contributed by atoms with E-state index >= 15 is 0 Å². The minimum atomic E-state index is -0.292. The molecule has 0 aromatic heterocycles. The highest BCUT2D eigenvalue weighted by Crippen LogP contribution is 2.32. The van der Waals surface area contributed by atoms with Gasteiger partial charge >= 0.3 is 0 Å². The van der Waals surface area contributed by atoms with Gasteiger partial charge in [-0.3, -0.25) is 9.59 Å². The minimum Gasteiger partial charge on any atom is -0.312 e. The number of nitrogens with zero attached hydrogens (tertiary/aromatic N) is 2. The van der Waals surface area contributed by atoms with Crippen LogP contribution in [0.4, 0.5) is 11.4 Å². The summed E-state index contributed by atoms with van der Waals surface area (Å²) in [7, 11) is 0. The van der Waals surface area contributed by atoms with Gasteiger partial charge in [-0.25, -0.2) is 0 Å². The molecule has 24 heavy (non-hydrogen) atoms. The Morgan fingerprint density at radius 2 is 1.83 bits per heavy atom. The van der Waals surface area contributed by atoms with E-state index in [0.717, 1.165) is 17.8 Å². The van der Waals surface area contributed by atoms with Crippen LogP contribution < -0.4 is 9.80 Å². The van der Waals surface area contributed by atoms with Crippen LogP contribution in [0.5, 0.6) is 0 Å². The molecule has 2 aromatic carbocycles. The van der Waals surface area contributed by atoms with E-state index in [1.807, 2.05) is 35.2 Å². The molecule has 1 fully saturated rings. The van der Waals surface area contributed by atoms with Crippen LogP contribution in [0.2, 0.25) is 5.02 Å². The number of benzene rings is 2. The average Bonchev–Trinajstić information content (AvgIpc) is 3.19. The van der Waals surface area contributed by atoms with Gasteiger partial charge < -0.3 is 9.80 Å². The van der Waals surface area contributed by atoms with Gasteiger partial charge in [0.2, 0.25) is 11.8 Å². The maximum atomic E-state index is 12.9. The number of fused-ring (bicyclic) bond motifs is 1. The van der Waals surface area contributed by atoms with Crippen molar-refractivity contribution in [3.63, 3.8) is 0 Å². The Kier molecular flexibility index (Phi) is 3.77. The maximum Gasteiger partial charge on any atom is 0.232 e. The van der Waals surface area contributed by atoms with Crippen molar-refractivity contribution in [2.45, 2.75) is 12.8 Å². The largest absolute Gasteiger partial charge is 0.312 e. The lowest BCUT2D eigenvalue weighted by Gasteiger charge is -2.21. The van der Waals surface area contributed by atoms with Crippen molar-refractivity contribution in [1.29, 1.82) is 0 Å². The van der Waals surface area contributed by atoms with E-state index in [0.29, 0.717) is 18.1 Å². The summed E-state index contributed by atoms with van der Waals surface area (Å²) in [5.41, 5.74) is 2.98. The first kappa shape index (κ1) is 15.2. The van der Waals surface area contributed by atoms with E-state index < -0.39 is 0 Å². The van der Waals surface area contributed by atoms with Crippen molar-refractivity contribution in [3.8, 4) is 0 Å². The zero-order valence-corrected chi connectivity index (χ0v) is 13.9. The molecule has 5 heteroatoms. The highest BCUT2D eigenvalue weighted by atomic mass is 35.5. The van der Waals surface area contributed by atoms with Crippen molar-refractivity contribution >= 4 is 34.8 Å². The van der Waals surface area contributed by atoms with Crippen LogP contribution in [-0.2, 0) is 16.0 Å². The zero-order valence-electron chi connectivity index (χ0n) is 13.1. The number of halogens is 1. The second-order valence-corrected chi connectivity index (χ2v) is 6.69. The molecular formula is C19H17ClN2O2. The van der Waals surface area contributed by atoms with Gasteiger partial charge in [-0.2, -0.15) is 0 Å². The molecule has 0 saturated carbocycles. The van der Waals surface area contributed by atoms with E-state index in [1.165, 1.54) is 5.56 Å². The average molecular weight is 341 g/mol. The lowest BCUT2D eigenvalue weighted by atomic mass is 10.1. The number of carbonyl (C=O) groups is 2. The highest BCUT2D eigenvalue weighted by Gasteiger charge is 2.38. The SMILES string of the molecule is O=C1CC(C(=O)N2CCc3ccccc32)CN1c1ccc(Cl)cc1. The fraction of sp³-hybridized carbons (Fsp3) is 0.263. The Balaban J connectivity index is 1.53. The summed E-state index contributed by atoms with van der Waals surface area (Å²) in [5.74, 6) is -0.257. The summed E-state index contributed by atoms with van der Waals surface area (Å²) in [6.07, 6.45) is 1.14. The number of hydrogen-bond donors (Lipinski definition) is 0. The molecule has 122 valence electrons. The second-order valence-electron chi connectivity index (χ2n) is 6.25. The summed E-state index contributed by atoms with van der Waals surface area (Å²) in [6, 6.07) is 15.1. The van der Waals surface area contributed by atoms with Crippen LogP contribution in [-0.4, -0.2) is 24.9 Å². The van der Waals surface area contributed by atoms with E-state index in [-0.39, 0.29) is 24.2 Å². The third-order valence-electron chi connectivity index (χ3n) is 4.77. The summed E-state index contributed by atoms with van der Waals surface area (Å²) >= 11 is 5.90. The fourth-order valence-corrected chi connectivity index (χ4v) is 3.66. The Hall–Kier alpha value is -2.33. The molecule has 2 aliphatic rings. The van der Waals surface area contributed by atoms with Gasteiger partial charge in [0.1, 0.15) is 0 Å². The molecule has 1 atom stereocenters. The molecule has 0 aliphatic carbocycles. The Labute approximate surface area is 145 Å². The monoisotopic (exact) mass is 340 g/mol. The van der Waals surface area contributed by atoms with Crippen LogP contribution in [0.1, 0.15) is 12.0 Å². The number of hydrogen-bond acceptors (Lipinski definition) is 2. The molecule has 2 heterocycles. The van der Waals surface area contributed by atoms with Gasteiger partial charge in [-0.1, -0.05) is 29.8 Å². The number of carbonyl (C=O) groups excluding carboxylic acids is 2. The quantitative estimate of drug-likeness (QED) is 0.841. The molecule has 0 N–H and O–H groups in total. The van der Waals surface area contributed by atoms with Gasteiger partial charge in [-0.15, -0.1) is 0 Å². The molecule has 4 rings (SSSR count). The number of para-hydroxylation sites is 1. The van der Waals surface area contributed by atoms with Crippen LogP contribution >= 0.6 is 11.6 Å². The molecule has 4 nitrogen and oxygen atoms in total. The van der Waals surface area contributed by atoms with E-state index in [4.69, 9.17) is 11.6 Å². The van der Waals surface area contributed by atoms with Crippen LogP contribution in [0.15, 0.2) is 48.5 Å². The number of amides is 2. The predicted octanol–water partition coefficient (Wildman–Crippen LogP) is 3.28.